The van der Waals surface area contributed by atoms with E-state index in [9.17, 15) is 10.1 Å². The van der Waals surface area contributed by atoms with E-state index in [1.807, 2.05) is 11.9 Å². The van der Waals surface area contributed by atoms with Crippen LogP contribution in [0.3, 0.4) is 0 Å². The number of nitrogens with zero attached hydrogens (tertiary/aromatic N) is 3. The minimum atomic E-state index is -0.362. The molecule has 20 heavy (non-hydrogen) atoms. The first-order valence-electron chi connectivity index (χ1n) is 7.16. The van der Waals surface area contributed by atoms with Crippen LogP contribution in [-0.2, 0) is 0 Å². The number of nitrogens with one attached hydrogen (secondary N) is 1. The summed E-state index contributed by atoms with van der Waals surface area (Å²) in [5.41, 5.74) is 0.0716. The monoisotopic (exact) mass is 278 g/mol. The molecule has 110 valence electrons. The van der Waals surface area contributed by atoms with Crippen molar-refractivity contribution in [3.63, 3.8) is 0 Å². The Balaban J connectivity index is 2.17. The molecule has 0 unspecified atom stereocenters. The lowest BCUT2D eigenvalue weighted by atomic mass is 9.89. The van der Waals surface area contributed by atoms with E-state index in [1.54, 1.807) is 13.1 Å². The SMILES string of the molecule is CNc1ccc([N+](=O)[O-])c(N(C)CC2CCCCC2)n1. The van der Waals surface area contributed by atoms with Gasteiger partial charge in [0.2, 0.25) is 5.82 Å². The van der Waals surface area contributed by atoms with E-state index in [4.69, 9.17) is 0 Å². The van der Waals surface area contributed by atoms with Crippen LogP contribution in [0.15, 0.2) is 12.1 Å². The molecule has 0 aliphatic heterocycles. The fourth-order valence-electron chi connectivity index (χ4n) is 2.85. The van der Waals surface area contributed by atoms with E-state index >= 15 is 0 Å². The van der Waals surface area contributed by atoms with E-state index < -0.39 is 0 Å². The Morgan fingerprint density at radius 3 is 2.70 bits per heavy atom. The van der Waals surface area contributed by atoms with Crippen LogP contribution in [-0.4, -0.2) is 30.5 Å². The molecular weight excluding hydrogens is 256 g/mol. The number of hydrogen-bond donors (Lipinski definition) is 1. The normalized spacial score (nSPS) is 15.9. The second-order valence-electron chi connectivity index (χ2n) is 5.43. The molecule has 1 saturated carbocycles. The number of rotatable bonds is 5. The molecule has 6 nitrogen and oxygen atoms in total. The predicted molar refractivity (Wildman–Crippen MR) is 80.3 cm³/mol. The van der Waals surface area contributed by atoms with Crippen LogP contribution in [0, 0.1) is 16.0 Å². The van der Waals surface area contributed by atoms with Gasteiger partial charge in [-0.15, -0.1) is 0 Å². The molecule has 1 N–H and O–H groups in total. The minimum Gasteiger partial charge on any atom is -0.373 e. The predicted octanol–water partition coefficient (Wildman–Crippen LogP) is 3.05. The van der Waals surface area contributed by atoms with Gasteiger partial charge in [-0.2, -0.15) is 0 Å². The third-order valence-electron chi connectivity index (χ3n) is 3.93. The molecule has 1 heterocycles. The van der Waals surface area contributed by atoms with E-state index in [-0.39, 0.29) is 10.6 Å². The van der Waals surface area contributed by atoms with Crippen LogP contribution in [0.2, 0.25) is 0 Å². The Labute approximate surface area is 119 Å². The number of anilines is 2. The molecule has 0 bridgehead atoms. The zero-order valence-electron chi connectivity index (χ0n) is 12.1. The summed E-state index contributed by atoms with van der Waals surface area (Å²) in [6, 6.07) is 3.15. The van der Waals surface area contributed by atoms with Crippen molar-refractivity contribution in [2.45, 2.75) is 32.1 Å². The van der Waals surface area contributed by atoms with Crippen LogP contribution in [0.5, 0.6) is 0 Å². The summed E-state index contributed by atoms with van der Waals surface area (Å²) in [6.45, 7) is 0.834. The quantitative estimate of drug-likeness (QED) is 0.662. The zero-order chi connectivity index (χ0) is 14.5. The van der Waals surface area contributed by atoms with Gasteiger partial charge in [0.15, 0.2) is 0 Å². The summed E-state index contributed by atoms with van der Waals surface area (Å²) in [5.74, 6) is 1.72. The topological polar surface area (TPSA) is 71.3 Å². The van der Waals surface area contributed by atoms with Gasteiger partial charge in [-0.1, -0.05) is 19.3 Å². The second-order valence-corrected chi connectivity index (χ2v) is 5.43. The Morgan fingerprint density at radius 1 is 1.40 bits per heavy atom. The summed E-state index contributed by atoms with van der Waals surface area (Å²) < 4.78 is 0. The Hall–Kier alpha value is -1.85. The molecule has 0 amide bonds. The van der Waals surface area contributed by atoms with Crippen molar-refractivity contribution in [1.29, 1.82) is 0 Å². The van der Waals surface area contributed by atoms with Gasteiger partial charge in [-0.25, -0.2) is 4.98 Å². The van der Waals surface area contributed by atoms with E-state index in [1.165, 1.54) is 38.2 Å². The molecule has 0 aromatic carbocycles. The highest BCUT2D eigenvalue weighted by molar-refractivity contribution is 5.61. The molecule has 0 radical (unpaired) electrons. The molecule has 0 spiro atoms. The molecule has 1 aromatic rings. The van der Waals surface area contributed by atoms with Crippen molar-refractivity contribution in [3.05, 3.63) is 22.2 Å². The molecule has 0 saturated heterocycles. The maximum atomic E-state index is 11.1. The summed E-state index contributed by atoms with van der Waals surface area (Å²) in [7, 11) is 3.66. The van der Waals surface area contributed by atoms with E-state index in [2.05, 4.69) is 10.3 Å². The van der Waals surface area contributed by atoms with Crippen molar-refractivity contribution in [2.24, 2.45) is 5.92 Å². The fraction of sp³-hybridized carbons (Fsp3) is 0.643. The molecule has 0 atom stereocenters. The molecule has 1 aliphatic carbocycles. The first-order valence-corrected chi connectivity index (χ1v) is 7.16. The first kappa shape index (κ1) is 14.6. The van der Waals surface area contributed by atoms with Gasteiger partial charge in [0.1, 0.15) is 5.82 Å². The Morgan fingerprint density at radius 2 is 2.10 bits per heavy atom. The van der Waals surface area contributed by atoms with Crippen LogP contribution in [0.4, 0.5) is 17.3 Å². The standard InChI is InChI=1S/C14H22N4O2/c1-15-13-9-8-12(18(19)20)14(16-13)17(2)10-11-6-4-3-5-7-11/h8-9,11H,3-7,10H2,1-2H3,(H,15,16). The lowest BCUT2D eigenvalue weighted by Crippen LogP contribution is -2.28. The first-order chi connectivity index (χ1) is 9.61. The maximum absolute atomic E-state index is 11.1. The lowest BCUT2D eigenvalue weighted by molar-refractivity contribution is -0.384. The van der Waals surface area contributed by atoms with Crippen LogP contribution in [0.1, 0.15) is 32.1 Å². The van der Waals surface area contributed by atoms with Crippen molar-refractivity contribution in [2.75, 3.05) is 30.9 Å². The van der Waals surface area contributed by atoms with Gasteiger partial charge in [0.25, 0.3) is 0 Å². The minimum absolute atomic E-state index is 0.0716. The zero-order valence-corrected chi connectivity index (χ0v) is 12.1. The molecule has 6 heteroatoms. The average Bonchev–Trinajstić information content (AvgIpc) is 2.47. The van der Waals surface area contributed by atoms with Crippen LogP contribution < -0.4 is 10.2 Å². The summed E-state index contributed by atoms with van der Waals surface area (Å²) in [5, 5.41) is 14.1. The molecule has 1 aromatic heterocycles. The molecule has 1 aliphatic rings. The summed E-state index contributed by atoms with van der Waals surface area (Å²) in [6.07, 6.45) is 6.27. The largest absolute Gasteiger partial charge is 0.373 e. The van der Waals surface area contributed by atoms with Gasteiger partial charge in [0, 0.05) is 26.7 Å². The fourth-order valence-corrected chi connectivity index (χ4v) is 2.85. The van der Waals surface area contributed by atoms with Gasteiger partial charge in [0.05, 0.1) is 4.92 Å². The lowest BCUT2D eigenvalue weighted by Gasteiger charge is -2.27. The van der Waals surface area contributed by atoms with Crippen LogP contribution in [0.25, 0.3) is 0 Å². The number of nitro groups is 1. The summed E-state index contributed by atoms with van der Waals surface area (Å²) >= 11 is 0. The highest BCUT2D eigenvalue weighted by Crippen LogP contribution is 2.30. The molecule has 1 fully saturated rings. The van der Waals surface area contributed by atoms with Gasteiger partial charge < -0.3 is 10.2 Å². The Kier molecular flexibility index (Phi) is 4.76. The third kappa shape index (κ3) is 3.37. The highest BCUT2D eigenvalue weighted by atomic mass is 16.6. The van der Waals surface area contributed by atoms with Gasteiger partial charge in [-0.05, 0) is 24.8 Å². The second kappa shape index (κ2) is 6.54. The van der Waals surface area contributed by atoms with Crippen molar-refractivity contribution in [1.82, 2.24) is 4.98 Å². The average molecular weight is 278 g/mol. The van der Waals surface area contributed by atoms with Crippen molar-refractivity contribution < 1.29 is 4.92 Å². The van der Waals surface area contributed by atoms with Gasteiger partial charge >= 0.3 is 5.69 Å². The number of aromatic nitrogens is 1. The van der Waals surface area contributed by atoms with E-state index in [0.29, 0.717) is 17.6 Å². The van der Waals surface area contributed by atoms with Gasteiger partial charge in [-0.3, -0.25) is 10.1 Å². The smallest absolute Gasteiger partial charge is 0.311 e. The Bertz CT molecular complexity index is 472. The number of pyridine rings is 1. The summed E-state index contributed by atoms with van der Waals surface area (Å²) in [4.78, 5) is 17.1. The van der Waals surface area contributed by atoms with Crippen LogP contribution >= 0.6 is 0 Å². The maximum Gasteiger partial charge on any atom is 0.311 e. The molecular formula is C14H22N4O2. The van der Waals surface area contributed by atoms with E-state index in [0.717, 1.165) is 6.54 Å². The van der Waals surface area contributed by atoms with Crippen molar-refractivity contribution >= 4 is 17.3 Å². The molecule has 2 rings (SSSR count). The van der Waals surface area contributed by atoms with Crippen molar-refractivity contribution in [3.8, 4) is 0 Å². The number of hydrogen-bond acceptors (Lipinski definition) is 5. The highest BCUT2D eigenvalue weighted by Gasteiger charge is 2.22. The third-order valence-corrected chi connectivity index (χ3v) is 3.93.